The number of ether oxygens (including phenoxy) is 6. The summed E-state index contributed by atoms with van der Waals surface area (Å²) in [5.41, 5.74) is 1.000. The Kier molecular flexibility index (Phi) is 7.89. The van der Waals surface area contributed by atoms with Crippen LogP contribution in [0.3, 0.4) is 0 Å². The minimum Gasteiger partial charge on any atom is -0.482 e. The van der Waals surface area contributed by atoms with E-state index in [0.717, 1.165) is 0 Å². The zero-order valence-electron chi connectivity index (χ0n) is 20.8. The largest absolute Gasteiger partial charge is 0.482 e. The predicted molar refractivity (Wildman–Crippen MR) is 126 cm³/mol. The van der Waals surface area contributed by atoms with Gasteiger partial charge in [-0.15, -0.1) is 0 Å². The molecular weight excluding hydrogens is 484 g/mol. The van der Waals surface area contributed by atoms with Crippen molar-refractivity contribution >= 4 is 23.7 Å². The number of para-hydroxylation sites is 1. The lowest BCUT2D eigenvalue weighted by atomic mass is 9.93. The first-order chi connectivity index (χ1) is 17.7. The lowest BCUT2D eigenvalue weighted by Gasteiger charge is -2.45. The van der Waals surface area contributed by atoms with Crippen molar-refractivity contribution in [3.05, 3.63) is 65.7 Å². The number of esters is 3. The Morgan fingerprint density at radius 2 is 1.32 bits per heavy atom. The van der Waals surface area contributed by atoms with Gasteiger partial charge < -0.3 is 28.4 Å². The smallest absolute Gasteiger partial charge is 0.303 e. The molecule has 2 aromatic carbocycles. The summed E-state index contributed by atoms with van der Waals surface area (Å²) in [6.07, 6.45) is -7.93. The second kappa shape index (κ2) is 11.1. The monoisotopic (exact) mass is 512 g/mol. The molecule has 196 valence electrons. The van der Waals surface area contributed by atoms with Crippen molar-refractivity contribution in [3.63, 3.8) is 0 Å². The summed E-state index contributed by atoms with van der Waals surface area (Å²) in [6, 6.07) is 15.8. The van der Waals surface area contributed by atoms with Gasteiger partial charge in [0, 0.05) is 20.8 Å². The molecule has 1 fully saturated rings. The molecule has 0 saturated carbocycles. The van der Waals surface area contributed by atoms with Crippen LogP contribution < -0.4 is 4.74 Å². The third-order valence-electron chi connectivity index (χ3n) is 5.98. The second-order valence-corrected chi connectivity index (χ2v) is 8.80. The zero-order chi connectivity index (χ0) is 26.7. The van der Waals surface area contributed by atoms with E-state index in [9.17, 15) is 19.2 Å². The minimum atomic E-state index is -1.36. The highest BCUT2D eigenvalue weighted by Gasteiger charge is 2.53. The minimum absolute atomic E-state index is 0.321. The highest BCUT2D eigenvalue weighted by molar-refractivity contribution is 6.03. The summed E-state index contributed by atoms with van der Waals surface area (Å²) in [4.78, 5) is 49.4. The van der Waals surface area contributed by atoms with Gasteiger partial charge in [-0.05, 0) is 24.6 Å². The average molecular weight is 513 g/mol. The number of ketones is 1. The van der Waals surface area contributed by atoms with Gasteiger partial charge in [-0.3, -0.25) is 19.2 Å². The molecule has 0 amide bonds. The number of hydrogen-bond acceptors (Lipinski definition) is 10. The van der Waals surface area contributed by atoms with Gasteiger partial charge in [-0.1, -0.05) is 42.5 Å². The molecule has 4 rings (SSSR count). The number of carbonyl (C=O) groups excluding carboxylic acids is 4. The summed E-state index contributed by atoms with van der Waals surface area (Å²) in [5.74, 6) is -2.01. The molecule has 0 radical (unpaired) electrons. The Morgan fingerprint density at radius 1 is 0.757 bits per heavy atom. The van der Waals surface area contributed by atoms with E-state index in [0.29, 0.717) is 16.9 Å². The highest BCUT2D eigenvalue weighted by Crippen LogP contribution is 2.39. The van der Waals surface area contributed by atoms with Crippen LogP contribution in [0.2, 0.25) is 0 Å². The van der Waals surface area contributed by atoms with Crippen LogP contribution in [0.15, 0.2) is 54.6 Å². The molecular formula is C27H28O10. The van der Waals surface area contributed by atoms with Gasteiger partial charge >= 0.3 is 17.9 Å². The second-order valence-electron chi connectivity index (χ2n) is 8.80. The van der Waals surface area contributed by atoms with Crippen molar-refractivity contribution in [2.45, 2.75) is 70.6 Å². The molecule has 1 saturated heterocycles. The number of hydrogen-bond donors (Lipinski definition) is 0. The normalized spacial score (nSPS) is 28.9. The fourth-order valence-corrected chi connectivity index (χ4v) is 4.50. The Morgan fingerprint density at radius 3 is 1.97 bits per heavy atom. The molecule has 0 N–H and O–H groups in total. The van der Waals surface area contributed by atoms with Crippen LogP contribution in [0.5, 0.6) is 5.75 Å². The van der Waals surface area contributed by atoms with Crippen LogP contribution in [-0.4, -0.2) is 60.5 Å². The van der Waals surface area contributed by atoms with Crippen LogP contribution in [0.25, 0.3) is 0 Å². The zero-order valence-corrected chi connectivity index (χ0v) is 20.8. The van der Waals surface area contributed by atoms with Gasteiger partial charge in [0.25, 0.3) is 0 Å². The Hall–Kier alpha value is -3.76. The number of carbonyl (C=O) groups is 4. The van der Waals surface area contributed by atoms with E-state index in [4.69, 9.17) is 28.4 Å². The highest BCUT2D eigenvalue weighted by atomic mass is 16.7. The van der Waals surface area contributed by atoms with Gasteiger partial charge in [0.1, 0.15) is 5.75 Å². The van der Waals surface area contributed by atoms with Gasteiger partial charge in [-0.25, -0.2) is 0 Å². The molecule has 7 atom stereocenters. The van der Waals surface area contributed by atoms with Gasteiger partial charge in [0.2, 0.25) is 0 Å². The van der Waals surface area contributed by atoms with E-state index in [-0.39, 0.29) is 5.78 Å². The van der Waals surface area contributed by atoms with E-state index in [1.807, 2.05) is 18.2 Å². The first kappa shape index (κ1) is 26.3. The Bertz CT molecular complexity index is 1160. The third kappa shape index (κ3) is 5.81. The van der Waals surface area contributed by atoms with Gasteiger partial charge in [0.15, 0.2) is 42.6 Å². The summed E-state index contributed by atoms with van der Waals surface area (Å²) in [7, 11) is 0. The van der Waals surface area contributed by atoms with Crippen LogP contribution in [-0.2, 0) is 38.1 Å². The maximum atomic E-state index is 13.6. The topological polar surface area (TPSA) is 124 Å². The van der Waals surface area contributed by atoms with Gasteiger partial charge in [0.05, 0.1) is 11.7 Å². The summed E-state index contributed by atoms with van der Waals surface area (Å²) in [6.45, 7) is 5.12. The van der Waals surface area contributed by atoms with E-state index < -0.39 is 60.8 Å². The van der Waals surface area contributed by atoms with E-state index in [2.05, 4.69) is 0 Å². The molecule has 0 unspecified atom stereocenters. The molecule has 2 aliphatic heterocycles. The molecule has 2 aliphatic rings. The fraction of sp³-hybridized carbons (Fsp3) is 0.407. The molecule has 0 spiro atoms. The Balaban J connectivity index is 1.72. The van der Waals surface area contributed by atoms with Crippen molar-refractivity contribution in [2.24, 2.45) is 0 Å². The number of Topliss-reactive ketones (excluding diaryl/α,β-unsaturated/α-hetero) is 1. The first-order valence-corrected chi connectivity index (χ1v) is 11.8. The molecule has 10 heteroatoms. The van der Waals surface area contributed by atoms with Crippen molar-refractivity contribution in [1.29, 1.82) is 0 Å². The molecule has 0 aromatic heterocycles. The quantitative estimate of drug-likeness (QED) is 0.421. The third-order valence-corrected chi connectivity index (χ3v) is 5.98. The molecule has 10 nitrogen and oxygen atoms in total. The summed E-state index contributed by atoms with van der Waals surface area (Å²) in [5, 5.41) is 0. The van der Waals surface area contributed by atoms with Crippen LogP contribution in [0.4, 0.5) is 0 Å². The van der Waals surface area contributed by atoms with Crippen LogP contribution in [0, 0.1) is 0 Å². The molecule has 37 heavy (non-hydrogen) atoms. The maximum absolute atomic E-state index is 13.6. The molecule has 0 bridgehead atoms. The first-order valence-electron chi connectivity index (χ1n) is 11.8. The number of fused-ring (bicyclic) bond motifs is 1. The van der Waals surface area contributed by atoms with E-state index in [1.165, 1.54) is 20.8 Å². The summed E-state index contributed by atoms with van der Waals surface area (Å²) < 4.78 is 34.6. The summed E-state index contributed by atoms with van der Waals surface area (Å²) >= 11 is 0. The number of benzene rings is 2. The van der Waals surface area contributed by atoms with Crippen molar-refractivity contribution < 1.29 is 47.6 Å². The number of rotatable bonds is 6. The van der Waals surface area contributed by atoms with Crippen LogP contribution in [0.1, 0.15) is 49.7 Å². The van der Waals surface area contributed by atoms with Crippen molar-refractivity contribution in [3.8, 4) is 5.75 Å². The SMILES string of the molecule is CC(=O)O[C@@H]1[C@@H](OC(C)=O)[C@H](C)O[C@@H](O[C@H]2C(=O)c3ccccc3O[C@H]2c2ccccc2)[C@@H]1OC(C)=O. The average Bonchev–Trinajstić information content (AvgIpc) is 2.85. The van der Waals surface area contributed by atoms with E-state index >= 15 is 0 Å². The van der Waals surface area contributed by atoms with E-state index in [1.54, 1.807) is 43.3 Å². The lowest BCUT2D eigenvalue weighted by molar-refractivity contribution is -0.310. The fourth-order valence-electron chi connectivity index (χ4n) is 4.50. The van der Waals surface area contributed by atoms with Crippen LogP contribution >= 0.6 is 0 Å². The van der Waals surface area contributed by atoms with Crippen molar-refractivity contribution in [2.75, 3.05) is 0 Å². The molecule has 2 heterocycles. The van der Waals surface area contributed by atoms with Crippen molar-refractivity contribution in [1.82, 2.24) is 0 Å². The predicted octanol–water partition coefficient (Wildman–Crippen LogP) is 2.93. The maximum Gasteiger partial charge on any atom is 0.303 e. The van der Waals surface area contributed by atoms with Gasteiger partial charge in [-0.2, -0.15) is 0 Å². The molecule has 0 aliphatic carbocycles. The standard InChI is InChI=1S/C27H28O10/c1-14-22(33-15(2)28)25(34-16(3)29)26(35-17(4)30)27(32-14)37-24-21(31)19-12-8-9-13-20(19)36-23(24)18-10-6-5-7-11-18/h5-14,22-27H,1-4H3/t14-,22-,23-,24-,25+,26+,27-/m0/s1. The Labute approximate surface area is 213 Å². The molecule has 2 aromatic rings. The lowest BCUT2D eigenvalue weighted by Crippen LogP contribution is -2.62.